The molecule has 0 aliphatic carbocycles. The number of nitrogen functional groups attached to an aromatic ring is 1. The van der Waals surface area contributed by atoms with Crippen LogP contribution in [-0.2, 0) is 39.4 Å². The highest BCUT2D eigenvalue weighted by Crippen LogP contribution is 2.45. The number of nitrogens with two attached hydrogens (primary N) is 1. The van der Waals surface area contributed by atoms with Crippen LogP contribution in [0, 0.1) is 0 Å². The van der Waals surface area contributed by atoms with Gasteiger partial charge in [-0.15, -0.1) is 0 Å². The Bertz CT molecular complexity index is 1110. The number of unbranched alkanes of at least 4 members (excludes halogenated alkanes) is 3. The molecule has 0 amide bonds. The molecule has 2 heterocycles. The molecule has 2 atom stereocenters. The minimum Gasteiger partial charge on any atom is -0.464 e. The zero-order valence-electron chi connectivity index (χ0n) is 23.1. The van der Waals surface area contributed by atoms with Crippen molar-refractivity contribution in [2.45, 2.75) is 91.5 Å². The first-order valence-electron chi connectivity index (χ1n) is 12.8. The lowest BCUT2D eigenvalue weighted by Gasteiger charge is -2.30. The van der Waals surface area contributed by atoms with Crippen molar-refractivity contribution in [2.24, 2.45) is 0 Å². The van der Waals surface area contributed by atoms with Crippen LogP contribution in [0.5, 0.6) is 0 Å². The Balaban J connectivity index is 2.06. The summed E-state index contributed by atoms with van der Waals surface area (Å²) in [5.41, 5.74) is 5.47. The highest BCUT2D eigenvalue weighted by molar-refractivity contribution is 7.56. The predicted molar refractivity (Wildman–Crippen MR) is 142 cm³/mol. The Kier molecular flexibility index (Phi) is 12.1. The number of nitrogens with one attached hydrogen (secondary N) is 1. The van der Waals surface area contributed by atoms with Gasteiger partial charge in [0.2, 0.25) is 0 Å². The summed E-state index contributed by atoms with van der Waals surface area (Å²) < 4.78 is 37.3. The normalized spacial score (nSPS) is 14.4. The third-order valence-corrected chi connectivity index (χ3v) is 7.30. The molecule has 2 rings (SSSR count). The lowest BCUT2D eigenvalue weighted by atomic mass is 10.1. The molecule has 0 bridgehead atoms. The van der Waals surface area contributed by atoms with Crippen LogP contribution in [0.3, 0.4) is 0 Å². The van der Waals surface area contributed by atoms with Gasteiger partial charge in [-0.05, 0) is 41.0 Å². The van der Waals surface area contributed by atoms with Gasteiger partial charge >= 0.3 is 11.9 Å². The number of esters is 2. The number of ether oxygens (including phenoxy) is 3. The third kappa shape index (κ3) is 9.94. The summed E-state index contributed by atoms with van der Waals surface area (Å²) in [6.07, 6.45) is 5.46. The van der Waals surface area contributed by atoms with Crippen molar-refractivity contribution >= 4 is 36.4 Å². The molecule has 0 aromatic carbocycles. The van der Waals surface area contributed by atoms with E-state index >= 15 is 0 Å². The van der Waals surface area contributed by atoms with Gasteiger partial charge in [0.25, 0.3) is 7.52 Å². The van der Waals surface area contributed by atoms with Gasteiger partial charge in [0.1, 0.15) is 23.7 Å². The maximum absolute atomic E-state index is 13.8. The van der Waals surface area contributed by atoms with Gasteiger partial charge in [-0.1, -0.05) is 26.2 Å². The molecule has 0 radical (unpaired) electrons. The molecule has 0 aliphatic heterocycles. The van der Waals surface area contributed by atoms with Crippen LogP contribution in [-0.4, -0.2) is 68.8 Å². The van der Waals surface area contributed by atoms with Crippen LogP contribution in [0.15, 0.2) is 12.7 Å². The monoisotopic (exact) mass is 556 g/mol. The van der Waals surface area contributed by atoms with Crippen molar-refractivity contribution in [2.75, 3.05) is 25.3 Å². The molecule has 214 valence electrons. The third-order valence-electron chi connectivity index (χ3n) is 5.36. The quantitative estimate of drug-likeness (QED) is 0.166. The highest BCUT2D eigenvalue weighted by Gasteiger charge is 2.39. The second-order valence-corrected chi connectivity index (χ2v) is 11.9. The fourth-order valence-electron chi connectivity index (χ4n) is 3.49. The molecule has 0 spiro atoms. The molecule has 2 unspecified atom stereocenters. The molecule has 0 fully saturated rings. The lowest BCUT2D eigenvalue weighted by molar-refractivity contribution is -0.149. The van der Waals surface area contributed by atoms with Crippen molar-refractivity contribution in [3.05, 3.63) is 12.7 Å². The summed E-state index contributed by atoms with van der Waals surface area (Å²) >= 11 is 0. The summed E-state index contributed by atoms with van der Waals surface area (Å²) in [4.78, 5) is 37.2. The van der Waals surface area contributed by atoms with E-state index in [2.05, 4.69) is 27.0 Å². The Morgan fingerprint density at radius 1 is 1.16 bits per heavy atom. The number of nitrogens with zero attached hydrogens (tertiary/aromatic N) is 4. The number of fused-ring (bicyclic) bond motifs is 1. The van der Waals surface area contributed by atoms with Gasteiger partial charge < -0.3 is 29.0 Å². The summed E-state index contributed by atoms with van der Waals surface area (Å²) in [7, 11) is -3.89. The first-order valence-corrected chi connectivity index (χ1v) is 14.6. The summed E-state index contributed by atoms with van der Waals surface area (Å²) in [5.74, 6) is -1.01. The molecule has 13 nitrogen and oxygen atoms in total. The molecule has 2 aromatic heterocycles. The van der Waals surface area contributed by atoms with E-state index in [1.807, 2.05) is 0 Å². The summed E-state index contributed by atoms with van der Waals surface area (Å²) in [5, 5.41) is 2.75. The largest absolute Gasteiger partial charge is 0.464 e. The molecule has 0 aliphatic rings. The molecule has 0 saturated heterocycles. The van der Waals surface area contributed by atoms with Gasteiger partial charge in [-0.3, -0.25) is 9.36 Å². The van der Waals surface area contributed by atoms with Gasteiger partial charge in [0.15, 0.2) is 18.1 Å². The van der Waals surface area contributed by atoms with E-state index in [0.717, 1.165) is 25.7 Å². The second-order valence-electron chi connectivity index (χ2n) is 9.85. The molecule has 0 saturated carbocycles. The van der Waals surface area contributed by atoms with Crippen molar-refractivity contribution in [3.63, 3.8) is 0 Å². The molecule has 14 heteroatoms. The van der Waals surface area contributed by atoms with E-state index < -0.39 is 44.1 Å². The van der Waals surface area contributed by atoms with E-state index in [1.165, 1.54) is 20.2 Å². The lowest BCUT2D eigenvalue weighted by Crippen LogP contribution is -2.47. The minimum absolute atomic E-state index is 0.260. The Morgan fingerprint density at radius 2 is 1.89 bits per heavy atom. The highest BCUT2D eigenvalue weighted by atomic mass is 31.2. The Hall–Kier alpha value is -2.60. The van der Waals surface area contributed by atoms with Gasteiger partial charge in [-0.25, -0.2) is 24.8 Å². The number of aromatic nitrogens is 4. The summed E-state index contributed by atoms with van der Waals surface area (Å²) in [6.45, 7) is 10.3. The van der Waals surface area contributed by atoms with Gasteiger partial charge in [0, 0.05) is 0 Å². The Morgan fingerprint density at radius 3 is 2.58 bits per heavy atom. The maximum Gasteiger partial charge on any atom is 0.332 e. The van der Waals surface area contributed by atoms with E-state index in [9.17, 15) is 14.2 Å². The van der Waals surface area contributed by atoms with E-state index in [1.54, 1.807) is 31.7 Å². The van der Waals surface area contributed by atoms with Crippen molar-refractivity contribution in [1.82, 2.24) is 24.6 Å². The number of rotatable bonds is 17. The maximum atomic E-state index is 13.8. The van der Waals surface area contributed by atoms with Crippen LogP contribution in [0.2, 0.25) is 0 Å². The van der Waals surface area contributed by atoms with Crippen molar-refractivity contribution in [3.8, 4) is 0 Å². The van der Waals surface area contributed by atoms with Crippen LogP contribution >= 0.6 is 7.52 Å². The first kappa shape index (κ1) is 31.6. The number of anilines is 1. The van der Waals surface area contributed by atoms with Crippen molar-refractivity contribution < 1.29 is 32.9 Å². The molecular weight excluding hydrogens is 515 g/mol. The molecular formula is C24H41N6O7P. The van der Waals surface area contributed by atoms with Crippen LogP contribution in [0.1, 0.15) is 67.2 Å². The topological polar surface area (TPSA) is 170 Å². The number of hydrogen-bond acceptors (Lipinski definition) is 11. The average Bonchev–Trinajstić information content (AvgIpc) is 3.24. The standard InChI is InChI=1S/C24H41N6O7P/c1-7-8-9-10-11-34-23(32)24(5,6)29-38(33,36-13-19(31)37-17(2)3)16-35-18(4)12-30-15-28-20-21(25)26-14-27-22(20)30/h14-15,17-18H,7-13,16H2,1-6H3,(H,29,33)(H2,25,26,27). The number of carbonyl (C=O) groups excluding carboxylic acids is 2. The van der Waals surface area contributed by atoms with Gasteiger partial charge in [0.05, 0.1) is 31.7 Å². The first-order chi connectivity index (χ1) is 17.9. The van der Waals surface area contributed by atoms with Crippen LogP contribution < -0.4 is 10.8 Å². The number of hydrogen-bond donors (Lipinski definition) is 2. The average molecular weight is 557 g/mol. The smallest absolute Gasteiger partial charge is 0.332 e. The molecule has 2 aromatic rings. The zero-order chi connectivity index (χ0) is 28.3. The second kappa shape index (κ2) is 14.5. The van der Waals surface area contributed by atoms with Crippen molar-refractivity contribution in [1.29, 1.82) is 0 Å². The zero-order valence-corrected chi connectivity index (χ0v) is 24.0. The van der Waals surface area contributed by atoms with Crippen LogP contribution in [0.4, 0.5) is 5.82 Å². The molecule has 38 heavy (non-hydrogen) atoms. The number of imidazole rings is 1. The fourth-order valence-corrected chi connectivity index (χ4v) is 5.40. The van der Waals surface area contributed by atoms with Gasteiger partial charge in [-0.2, -0.15) is 0 Å². The minimum atomic E-state index is -3.89. The van der Waals surface area contributed by atoms with E-state index in [0.29, 0.717) is 17.7 Å². The SMILES string of the molecule is CCCCCCOC(=O)C(C)(C)NP(=O)(COC(C)Cn1cnc2c(N)ncnc21)OCC(=O)OC(C)C. The van der Waals surface area contributed by atoms with Crippen LogP contribution in [0.25, 0.3) is 11.2 Å². The number of carbonyl (C=O) groups is 2. The fraction of sp³-hybridized carbons (Fsp3) is 0.708. The van der Waals surface area contributed by atoms with E-state index in [-0.39, 0.29) is 18.5 Å². The molecule has 3 N–H and O–H groups in total. The Labute approximate surface area is 223 Å². The van der Waals surface area contributed by atoms with E-state index in [4.69, 9.17) is 24.5 Å². The summed E-state index contributed by atoms with van der Waals surface area (Å²) in [6, 6.07) is 0. The predicted octanol–water partition coefficient (Wildman–Crippen LogP) is 3.42.